The van der Waals surface area contributed by atoms with Crippen molar-refractivity contribution in [1.82, 2.24) is 0 Å². The minimum absolute atomic E-state index is 0.287. The third-order valence-corrected chi connectivity index (χ3v) is 10.9. The predicted octanol–water partition coefficient (Wildman–Crippen LogP) is 9.50. The molecule has 1 saturated heterocycles. The van der Waals surface area contributed by atoms with E-state index < -0.39 is 18.3 Å². The number of ether oxygens (including phenoxy) is 5. The van der Waals surface area contributed by atoms with Crippen LogP contribution < -0.4 is 0 Å². The number of thioether (sulfide) groups is 1. The van der Waals surface area contributed by atoms with Crippen molar-refractivity contribution in [3.05, 3.63) is 179 Å². The Labute approximate surface area is 300 Å². The number of fused-ring (bicyclic) bond motifs is 1. The van der Waals surface area contributed by atoms with Crippen LogP contribution in [0.2, 0.25) is 0 Å². The quantitative estimate of drug-likeness (QED) is 0.109. The van der Waals surface area contributed by atoms with Gasteiger partial charge in [-0.3, -0.25) is 0 Å². The van der Waals surface area contributed by atoms with E-state index in [9.17, 15) is 0 Å². The maximum atomic E-state index is 7.13. The van der Waals surface area contributed by atoms with Crippen LogP contribution in [0.5, 0.6) is 0 Å². The summed E-state index contributed by atoms with van der Waals surface area (Å²) >= 11 is 1.86. The van der Waals surface area contributed by atoms with Gasteiger partial charge < -0.3 is 23.7 Å². The molecule has 0 amide bonds. The molecule has 258 valence electrons. The largest absolute Gasteiger partial charge is 0.374 e. The van der Waals surface area contributed by atoms with E-state index in [-0.39, 0.29) is 16.8 Å². The third-order valence-electron chi connectivity index (χ3n) is 9.45. The highest BCUT2D eigenvalue weighted by Gasteiger charge is 2.49. The van der Waals surface area contributed by atoms with E-state index in [4.69, 9.17) is 23.7 Å². The maximum absolute atomic E-state index is 7.13. The molecule has 50 heavy (non-hydrogen) atoms. The summed E-state index contributed by atoms with van der Waals surface area (Å²) in [6.45, 7) is 2.16. The van der Waals surface area contributed by atoms with Crippen molar-refractivity contribution in [2.75, 3.05) is 6.61 Å². The number of hydrogen-bond donors (Lipinski definition) is 0. The lowest BCUT2D eigenvalue weighted by Gasteiger charge is -2.47. The zero-order valence-corrected chi connectivity index (χ0v) is 29.2. The predicted molar refractivity (Wildman–Crippen MR) is 200 cm³/mol. The minimum Gasteiger partial charge on any atom is -0.374 e. The first-order chi connectivity index (χ1) is 24.8. The Morgan fingerprint density at radius 3 is 1.58 bits per heavy atom. The molecule has 6 atom stereocenters. The summed E-state index contributed by atoms with van der Waals surface area (Å²) in [5, 5.41) is 0.287. The molecule has 5 nitrogen and oxygen atoms in total. The zero-order chi connectivity index (χ0) is 33.8. The second-order valence-electron chi connectivity index (χ2n) is 13.0. The molecule has 6 heteroatoms. The van der Waals surface area contributed by atoms with Crippen molar-refractivity contribution in [3.63, 3.8) is 0 Å². The van der Waals surface area contributed by atoms with Gasteiger partial charge in [-0.1, -0.05) is 146 Å². The first kappa shape index (κ1) is 34.7. The molecule has 2 aliphatic rings. The Kier molecular flexibility index (Phi) is 12.5. The van der Waals surface area contributed by atoms with Crippen LogP contribution in [-0.2, 0) is 56.5 Å². The molecule has 5 aromatic rings. The molecule has 1 unspecified atom stereocenters. The van der Waals surface area contributed by atoms with Gasteiger partial charge in [0.1, 0.15) is 29.9 Å². The minimum atomic E-state index is -0.439. The van der Waals surface area contributed by atoms with Gasteiger partial charge in [0, 0.05) is 5.25 Å². The first-order valence-electron chi connectivity index (χ1n) is 17.8. The summed E-state index contributed by atoms with van der Waals surface area (Å²) in [6, 6.07) is 50.1. The second-order valence-corrected chi connectivity index (χ2v) is 14.3. The number of rotatable bonds is 15. The molecule has 0 aromatic heterocycles. The van der Waals surface area contributed by atoms with Gasteiger partial charge in [0.2, 0.25) is 0 Å². The fourth-order valence-electron chi connectivity index (χ4n) is 6.87. The molecule has 0 spiro atoms. The van der Waals surface area contributed by atoms with Crippen LogP contribution >= 0.6 is 11.8 Å². The Morgan fingerprint density at radius 1 is 0.520 bits per heavy atom. The molecule has 1 aliphatic heterocycles. The van der Waals surface area contributed by atoms with E-state index in [0.29, 0.717) is 33.0 Å². The van der Waals surface area contributed by atoms with Gasteiger partial charge in [-0.05, 0) is 52.6 Å². The highest BCUT2D eigenvalue weighted by atomic mass is 32.2. The Balaban J connectivity index is 1.21. The Hall–Kier alpha value is -3.75. The van der Waals surface area contributed by atoms with Crippen LogP contribution in [0.4, 0.5) is 0 Å². The van der Waals surface area contributed by atoms with Crippen LogP contribution in [0.15, 0.2) is 146 Å². The van der Waals surface area contributed by atoms with E-state index in [1.165, 1.54) is 11.1 Å². The highest BCUT2D eigenvalue weighted by molar-refractivity contribution is 8.00. The van der Waals surface area contributed by atoms with Crippen molar-refractivity contribution >= 4 is 11.8 Å². The van der Waals surface area contributed by atoms with Crippen LogP contribution in [-0.4, -0.2) is 36.5 Å². The Bertz CT molecular complexity index is 1700. The SMILES string of the molecule is c1ccc(COC[C@H]2O[C@@H](SC3CCCc4ccccc43)[C@H](OCc3ccccc3)[C@@H](OCc3ccccc3)[C@@H]2OCc2ccccc2)cc1. The lowest BCUT2D eigenvalue weighted by atomic mass is 9.91. The van der Waals surface area contributed by atoms with Crippen molar-refractivity contribution < 1.29 is 23.7 Å². The summed E-state index contributed by atoms with van der Waals surface area (Å²) in [6.07, 6.45) is 1.72. The summed E-state index contributed by atoms with van der Waals surface area (Å²) in [5.74, 6) is 0. The van der Waals surface area contributed by atoms with Gasteiger partial charge in [0.15, 0.2) is 0 Å². The second kappa shape index (κ2) is 18.0. The monoisotopic (exact) mass is 686 g/mol. The molecular weight excluding hydrogens is 641 g/mol. The summed E-state index contributed by atoms with van der Waals surface area (Å²) < 4.78 is 34.3. The molecule has 7 rings (SSSR count). The van der Waals surface area contributed by atoms with E-state index in [1.807, 2.05) is 60.3 Å². The molecule has 5 aromatic carbocycles. The highest BCUT2D eigenvalue weighted by Crippen LogP contribution is 2.46. The van der Waals surface area contributed by atoms with Crippen LogP contribution in [0.1, 0.15) is 51.5 Å². The maximum Gasteiger partial charge on any atom is 0.133 e. The fraction of sp³-hybridized carbons (Fsp3) is 0.318. The van der Waals surface area contributed by atoms with Gasteiger partial charge in [0.05, 0.1) is 33.0 Å². The molecule has 0 bridgehead atoms. The average molecular weight is 687 g/mol. The standard InChI is InChI=1S/C44H46O5S/c1-5-16-33(17-6-1)28-45-32-39-41(46-29-34-18-7-2-8-19-34)42(47-30-35-20-9-3-10-21-35)43(48-31-36-22-11-4-12-23-36)44(49-39)50-40-27-15-25-37-24-13-14-26-38(37)40/h1-14,16-24,26,39-44H,15,25,27-32H2/t39-,40?,41-,42+,43-,44+/m1/s1. The first-order valence-corrected chi connectivity index (χ1v) is 18.7. The number of hydrogen-bond acceptors (Lipinski definition) is 6. The lowest BCUT2D eigenvalue weighted by Crippen LogP contribution is -2.60. The fourth-order valence-corrected chi connectivity index (χ4v) is 8.47. The van der Waals surface area contributed by atoms with Crippen molar-refractivity contribution in [2.45, 2.75) is 80.8 Å². The molecule has 1 fully saturated rings. The van der Waals surface area contributed by atoms with Crippen LogP contribution in [0.3, 0.4) is 0 Å². The van der Waals surface area contributed by atoms with Crippen LogP contribution in [0, 0.1) is 0 Å². The summed E-state index contributed by atoms with van der Waals surface area (Å²) in [4.78, 5) is 0. The van der Waals surface area contributed by atoms with Gasteiger partial charge in [-0.2, -0.15) is 0 Å². The van der Waals surface area contributed by atoms with Crippen LogP contribution in [0.25, 0.3) is 0 Å². The van der Waals surface area contributed by atoms with Crippen molar-refractivity contribution in [1.29, 1.82) is 0 Å². The smallest absolute Gasteiger partial charge is 0.133 e. The molecule has 0 radical (unpaired) electrons. The summed E-state index contributed by atoms with van der Waals surface area (Å²) in [5.41, 5.74) is 6.94. The van der Waals surface area contributed by atoms with Gasteiger partial charge in [-0.25, -0.2) is 0 Å². The van der Waals surface area contributed by atoms with Gasteiger partial charge in [0.25, 0.3) is 0 Å². The molecule has 0 saturated carbocycles. The topological polar surface area (TPSA) is 46.2 Å². The van der Waals surface area contributed by atoms with E-state index in [1.54, 1.807) is 0 Å². The Morgan fingerprint density at radius 2 is 1.00 bits per heavy atom. The zero-order valence-electron chi connectivity index (χ0n) is 28.4. The molecule has 1 heterocycles. The van der Waals surface area contributed by atoms with Gasteiger partial charge >= 0.3 is 0 Å². The average Bonchev–Trinajstić information content (AvgIpc) is 3.18. The van der Waals surface area contributed by atoms with E-state index >= 15 is 0 Å². The summed E-state index contributed by atoms with van der Waals surface area (Å²) in [7, 11) is 0. The lowest BCUT2D eigenvalue weighted by molar-refractivity contribution is -0.254. The van der Waals surface area contributed by atoms with Crippen molar-refractivity contribution in [2.24, 2.45) is 0 Å². The molecular formula is C44H46O5S. The number of aryl methyl sites for hydroxylation is 1. The molecule has 0 N–H and O–H groups in total. The van der Waals surface area contributed by atoms with E-state index in [2.05, 4.69) is 97.1 Å². The molecule has 1 aliphatic carbocycles. The van der Waals surface area contributed by atoms with Gasteiger partial charge in [-0.15, -0.1) is 11.8 Å². The van der Waals surface area contributed by atoms with Crippen molar-refractivity contribution in [3.8, 4) is 0 Å². The number of benzene rings is 5. The third kappa shape index (κ3) is 9.32. The normalized spacial score (nSPS) is 23.3. The van der Waals surface area contributed by atoms with E-state index in [0.717, 1.165) is 41.5 Å².